The smallest absolute Gasteiger partial charge is 0.321 e. The molecule has 0 heterocycles. The standard InChI is InChI=1S/C4H7.Li/c1-4-2-3-4;/h2-3H2,1H3;/q-1;+1. The van der Waals surface area contributed by atoms with E-state index in [0.717, 1.165) is 0 Å². The summed E-state index contributed by atoms with van der Waals surface area (Å²) >= 11 is 0. The van der Waals surface area contributed by atoms with Crippen LogP contribution in [-0.4, -0.2) is 0 Å². The van der Waals surface area contributed by atoms with Crippen molar-refractivity contribution < 1.29 is 18.9 Å². The van der Waals surface area contributed by atoms with E-state index >= 15 is 0 Å². The van der Waals surface area contributed by atoms with Crippen molar-refractivity contribution in [2.24, 2.45) is 0 Å². The SMILES string of the molecule is C[C-]1CC1.[Li+]. The van der Waals surface area contributed by atoms with E-state index in [0.29, 0.717) is 0 Å². The van der Waals surface area contributed by atoms with Gasteiger partial charge in [-0.2, -0.15) is 6.92 Å². The second kappa shape index (κ2) is 1.90. The van der Waals surface area contributed by atoms with Crippen LogP contribution in [0.4, 0.5) is 0 Å². The van der Waals surface area contributed by atoms with Crippen molar-refractivity contribution in [3.8, 4) is 0 Å². The van der Waals surface area contributed by atoms with Crippen molar-refractivity contribution >= 4 is 0 Å². The molecule has 1 rings (SSSR count). The summed E-state index contributed by atoms with van der Waals surface area (Å²) in [6.45, 7) is 2.19. The van der Waals surface area contributed by atoms with Gasteiger partial charge in [0.05, 0.1) is 0 Å². The van der Waals surface area contributed by atoms with Gasteiger partial charge in [-0.1, -0.05) is 0 Å². The first kappa shape index (κ1) is 5.60. The Hall–Kier alpha value is 0.597. The fraction of sp³-hybridized carbons (Fsp3) is 0.750. The van der Waals surface area contributed by atoms with Crippen LogP contribution in [0, 0.1) is 5.92 Å². The van der Waals surface area contributed by atoms with Gasteiger partial charge in [-0.25, -0.2) is 12.8 Å². The summed E-state index contributed by atoms with van der Waals surface area (Å²) in [5.74, 6) is 1.67. The second-order valence-corrected chi connectivity index (χ2v) is 1.46. The summed E-state index contributed by atoms with van der Waals surface area (Å²) in [6, 6.07) is 0. The van der Waals surface area contributed by atoms with Crippen LogP contribution in [0.2, 0.25) is 0 Å². The predicted molar refractivity (Wildman–Crippen MR) is 18.2 cm³/mol. The van der Waals surface area contributed by atoms with Gasteiger partial charge in [-0.05, 0) is 0 Å². The summed E-state index contributed by atoms with van der Waals surface area (Å²) in [5.41, 5.74) is 0. The number of hydrogen-bond acceptors (Lipinski definition) is 0. The molecular formula is C4H7Li. The molecule has 0 N–H and O–H groups in total. The van der Waals surface area contributed by atoms with Gasteiger partial charge in [0.2, 0.25) is 0 Å². The van der Waals surface area contributed by atoms with Gasteiger partial charge in [0.1, 0.15) is 0 Å². The minimum atomic E-state index is 0. The molecule has 0 aromatic heterocycles. The van der Waals surface area contributed by atoms with Crippen LogP contribution in [0.5, 0.6) is 0 Å². The van der Waals surface area contributed by atoms with Crippen molar-refractivity contribution in [1.29, 1.82) is 0 Å². The molecule has 0 unspecified atom stereocenters. The zero-order valence-corrected chi connectivity index (χ0v) is 3.91. The van der Waals surface area contributed by atoms with Crippen molar-refractivity contribution in [3.63, 3.8) is 0 Å². The molecule has 0 nitrogen and oxygen atoms in total. The Morgan fingerprint density at radius 1 is 1.40 bits per heavy atom. The number of hydrogen-bond donors (Lipinski definition) is 0. The van der Waals surface area contributed by atoms with Gasteiger partial charge in [-0.3, -0.25) is 0 Å². The molecule has 1 heteroatoms. The molecule has 1 aliphatic carbocycles. The van der Waals surface area contributed by atoms with E-state index in [9.17, 15) is 0 Å². The third-order valence-electron chi connectivity index (χ3n) is 0.750. The van der Waals surface area contributed by atoms with E-state index in [1.165, 1.54) is 12.8 Å². The van der Waals surface area contributed by atoms with E-state index < -0.39 is 0 Å². The quantitative estimate of drug-likeness (QED) is 0.234. The van der Waals surface area contributed by atoms with Crippen LogP contribution < -0.4 is 18.9 Å². The molecule has 1 saturated carbocycles. The van der Waals surface area contributed by atoms with Crippen molar-refractivity contribution in [2.45, 2.75) is 19.8 Å². The van der Waals surface area contributed by atoms with Gasteiger partial charge < -0.3 is 5.92 Å². The monoisotopic (exact) mass is 62.1 g/mol. The molecule has 0 aromatic carbocycles. The topological polar surface area (TPSA) is 0 Å². The fourth-order valence-electron chi connectivity index (χ4n) is 0.125. The largest absolute Gasteiger partial charge is 1.00 e. The van der Waals surface area contributed by atoms with Crippen LogP contribution in [0.3, 0.4) is 0 Å². The van der Waals surface area contributed by atoms with Crippen molar-refractivity contribution in [2.75, 3.05) is 0 Å². The minimum absolute atomic E-state index is 0. The van der Waals surface area contributed by atoms with Crippen LogP contribution in [0.15, 0.2) is 0 Å². The maximum atomic E-state index is 2.19. The van der Waals surface area contributed by atoms with E-state index in [2.05, 4.69) is 6.92 Å². The Morgan fingerprint density at radius 2 is 1.60 bits per heavy atom. The molecule has 0 spiro atoms. The zero-order chi connectivity index (χ0) is 2.99. The molecule has 0 aliphatic heterocycles. The Bertz CT molecular complexity index is 22.8. The third-order valence-corrected chi connectivity index (χ3v) is 0.750. The maximum absolute atomic E-state index is 2.19. The molecule has 0 bridgehead atoms. The molecule has 0 saturated heterocycles. The molecule has 24 valence electrons. The Morgan fingerprint density at radius 3 is 1.60 bits per heavy atom. The maximum Gasteiger partial charge on any atom is 1.00 e. The van der Waals surface area contributed by atoms with Gasteiger partial charge in [0, 0.05) is 0 Å². The van der Waals surface area contributed by atoms with Crippen molar-refractivity contribution in [1.82, 2.24) is 0 Å². The third kappa shape index (κ3) is 2.40. The van der Waals surface area contributed by atoms with E-state index in [1.54, 1.807) is 5.92 Å². The first-order chi connectivity index (χ1) is 1.89. The minimum Gasteiger partial charge on any atom is -0.321 e. The van der Waals surface area contributed by atoms with E-state index in [1.807, 2.05) is 0 Å². The average Bonchev–Trinajstić information content (AvgIpc) is 1.75. The fourth-order valence-corrected chi connectivity index (χ4v) is 0.125. The molecular weight excluding hydrogens is 55.0 g/mol. The van der Waals surface area contributed by atoms with Crippen LogP contribution in [0.1, 0.15) is 19.8 Å². The summed E-state index contributed by atoms with van der Waals surface area (Å²) in [7, 11) is 0. The van der Waals surface area contributed by atoms with Gasteiger partial charge in [0.25, 0.3) is 0 Å². The van der Waals surface area contributed by atoms with Gasteiger partial charge in [-0.15, -0.1) is 0 Å². The molecule has 0 radical (unpaired) electrons. The zero-order valence-electron chi connectivity index (χ0n) is 3.91. The molecule has 0 atom stereocenters. The Labute approximate surface area is 45.1 Å². The van der Waals surface area contributed by atoms with Crippen LogP contribution in [0.25, 0.3) is 0 Å². The Balaban J connectivity index is 0.000000160. The Kier molecular flexibility index (Phi) is 2.13. The molecule has 1 fully saturated rings. The number of rotatable bonds is 0. The van der Waals surface area contributed by atoms with Crippen molar-refractivity contribution in [3.05, 3.63) is 5.92 Å². The molecule has 5 heavy (non-hydrogen) atoms. The normalized spacial score (nSPS) is 21.0. The van der Waals surface area contributed by atoms with E-state index in [-0.39, 0.29) is 18.9 Å². The molecule has 0 aromatic rings. The van der Waals surface area contributed by atoms with Gasteiger partial charge in [0.15, 0.2) is 0 Å². The first-order valence-electron chi connectivity index (χ1n) is 1.71. The average molecular weight is 62.0 g/mol. The van der Waals surface area contributed by atoms with E-state index in [4.69, 9.17) is 0 Å². The van der Waals surface area contributed by atoms with Crippen LogP contribution >= 0.6 is 0 Å². The summed E-state index contributed by atoms with van der Waals surface area (Å²) in [5, 5.41) is 0. The summed E-state index contributed by atoms with van der Waals surface area (Å²) in [4.78, 5) is 0. The summed E-state index contributed by atoms with van der Waals surface area (Å²) in [6.07, 6.45) is 2.81. The molecule has 1 aliphatic rings. The van der Waals surface area contributed by atoms with Gasteiger partial charge >= 0.3 is 18.9 Å². The first-order valence-corrected chi connectivity index (χ1v) is 1.71. The second-order valence-electron chi connectivity index (χ2n) is 1.46. The molecule has 0 amide bonds. The van der Waals surface area contributed by atoms with Crippen LogP contribution in [-0.2, 0) is 0 Å². The predicted octanol–water partition coefficient (Wildman–Crippen LogP) is -1.62. The summed E-state index contributed by atoms with van der Waals surface area (Å²) < 4.78 is 0.